The number of fused-ring (bicyclic) bond motifs is 1. The van der Waals surface area contributed by atoms with Crippen molar-refractivity contribution in [3.8, 4) is 0 Å². The van der Waals surface area contributed by atoms with Crippen molar-refractivity contribution in [2.75, 3.05) is 44.2 Å². The van der Waals surface area contributed by atoms with Crippen LogP contribution in [-0.2, 0) is 10.0 Å². The Morgan fingerprint density at radius 3 is 2.28 bits per heavy atom. The summed E-state index contributed by atoms with van der Waals surface area (Å²) in [6, 6.07) is 11.2. The topological polar surface area (TPSA) is 73.8 Å². The van der Waals surface area contributed by atoms with E-state index in [1.807, 2.05) is 6.07 Å². The second-order valence-corrected chi connectivity index (χ2v) is 10.9. The van der Waals surface area contributed by atoms with E-state index >= 15 is 0 Å². The fourth-order valence-electron chi connectivity index (χ4n) is 4.17. The summed E-state index contributed by atoms with van der Waals surface area (Å²) in [6.07, 6.45) is 1.77. The quantitative estimate of drug-likeness (QED) is 0.581. The van der Waals surface area contributed by atoms with Gasteiger partial charge in [-0.15, -0.1) is 0 Å². The fraction of sp³-hybridized carbons (Fsp3) is 0.364. The Labute approximate surface area is 190 Å². The summed E-state index contributed by atoms with van der Waals surface area (Å²) >= 11 is 1.45. The van der Waals surface area contributed by atoms with Crippen molar-refractivity contribution in [2.24, 2.45) is 0 Å². The molecule has 2 saturated heterocycles. The van der Waals surface area contributed by atoms with Crippen LogP contribution in [0.2, 0.25) is 0 Å². The van der Waals surface area contributed by atoms with Crippen LogP contribution in [0.1, 0.15) is 23.2 Å². The summed E-state index contributed by atoms with van der Waals surface area (Å²) in [6.45, 7) is 3.35. The number of amides is 1. The number of nitrogens with zero attached hydrogens (tertiary/aromatic N) is 4. The molecule has 7 nitrogen and oxygen atoms in total. The highest BCUT2D eigenvalue weighted by Gasteiger charge is 2.28. The van der Waals surface area contributed by atoms with Crippen molar-refractivity contribution in [1.82, 2.24) is 14.2 Å². The van der Waals surface area contributed by atoms with E-state index in [0.29, 0.717) is 50.3 Å². The molecule has 0 radical (unpaired) electrons. The number of thiazole rings is 1. The number of piperazine rings is 1. The van der Waals surface area contributed by atoms with Gasteiger partial charge in [0.2, 0.25) is 10.0 Å². The number of hydrogen-bond acceptors (Lipinski definition) is 6. The summed E-state index contributed by atoms with van der Waals surface area (Å²) in [7, 11) is -3.49. The molecule has 0 aliphatic carbocycles. The molecule has 0 atom stereocenters. The van der Waals surface area contributed by atoms with E-state index in [1.54, 1.807) is 23.1 Å². The molecule has 2 aliphatic rings. The van der Waals surface area contributed by atoms with E-state index in [0.717, 1.165) is 22.7 Å². The van der Waals surface area contributed by atoms with Gasteiger partial charge in [-0.05, 0) is 49.2 Å². The van der Waals surface area contributed by atoms with Gasteiger partial charge in [-0.2, -0.15) is 4.31 Å². The van der Waals surface area contributed by atoms with E-state index in [4.69, 9.17) is 0 Å². The smallest absolute Gasteiger partial charge is 0.253 e. The van der Waals surface area contributed by atoms with Gasteiger partial charge >= 0.3 is 0 Å². The first-order chi connectivity index (χ1) is 15.4. The maximum Gasteiger partial charge on any atom is 0.253 e. The number of rotatable bonds is 4. The van der Waals surface area contributed by atoms with E-state index in [9.17, 15) is 17.6 Å². The van der Waals surface area contributed by atoms with Gasteiger partial charge in [0.1, 0.15) is 11.3 Å². The molecule has 0 N–H and O–H groups in total. The van der Waals surface area contributed by atoms with Crippen LogP contribution in [-0.4, -0.2) is 67.8 Å². The van der Waals surface area contributed by atoms with Crippen molar-refractivity contribution >= 4 is 42.6 Å². The van der Waals surface area contributed by atoms with Crippen LogP contribution < -0.4 is 4.90 Å². The number of sulfonamides is 1. The first kappa shape index (κ1) is 21.3. The lowest BCUT2D eigenvalue weighted by molar-refractivity contribution is 0.0746. The van der Waals surface area contributed by atoms with Crippen LogP contribution in [0.4, 0.5) is 9.52 Å². The highest BCUT2D eigenvalue weighted by Crippen LogP contribution is 2.31. The molecule has 168 valence electrons. The molecule has 2 aliphatic heterocycles. The Hall–Kier alpha value is -2.56. The Morgan fingerprint density at radius 2 is 1.62 bits per heavy atom. The lowest BCUT2D eigenvalue weighted by Crippen LogP contribution is -2.48. The van der Waals surface area contributed by atoms with Crippen LogP contribution in [0.25, 0.3) is 10.2 Å². The van der Waals surface area contributed by atoms with E-state index in [1.165, 1.54) is 33.8 Å². The van der Waals surface area contributed by atoms with Crippen molar-refractivity contribution in [3.63, 3.8) is 0 Å². The number of anilines is 1. The normalized spacial score (nSPS) is 17.9. The third-order valence-electron chi connectivity index (χ3n) is 6.00. The van der Waals surface area contributed by atoms with Crippen molar-refractivity contribution in [1.29, 1.82) is 0 Å². The van der Waals surface area contributed by atoms with Crippen molar-refractivity contribution in [3.05, 3.63) is 53.8 Å². The number of benzene rings is 2. The summed E-state index contributed by atoms with van der Waals surface area (Å²) in [4.78, 5) is 21.4. The molecule has 0 bridgehead atoms. The van der Waals surface area contributed by atoms with Gasteiger partial charge in [0.15, 0.2) is 5.13 Å². The molecule has 0 spiro atoms. The molecule has 5 rings (SSSR count). The largest absolute Gasteiger partial charge is 0.345 e. The summed E-state index contributed by atoms with van der Waals surface area (Å²) < 4.78 is 41.6. The van der Waals surface area contributed by atoms with Gasteiger partial charge in [0.25, 0.3) is 5.91 Å². The SMILES string of the molecule is O=C(c1ccc(S(=O)(=O)N2CCCC2)cc1)N1CCN(c2nc3c(F)cccc3s2)CC1. The standard InChI is InChI=1S/C22H23FN4O3S2/c23-18-4-3-5-19-20(18)24-22(31-19)26-14-12-25(13-15-26)21(28)16-6-8-17(9-7-16)32(29,30)27-10-1-2-11-27/h3-9H,1-2,10-15H2. The summed E-state index contributed by atoms with van der Waals surface area (Å²) in [5.74, 6) is -0.445. The number of carbonyl (C=O) groups excluding carboxylic acids is 1. The third-order valence-corrected chi connectivity index (χ3v) is 8.99. The molecule has 2 aromatic carbocycles. The second-order valence-electron chi connectivity index (χ2n) is 8.00. The lowest BCUT2D eigenvalue weighted by atomic mass is 10.2. The molecule has 0 unspecified atom stereocenters. The third kappa shape index (κ3) is 3.87. The molecule has 32 heavy (non-hydrogen) atoms. The highest BCUT2D eigenvalue weighted by molar-refractivity contribution is 7.89. The predicted octanol–water partition coefficient (Wildman–Crippen LogP) is 3.18. The minimum Gasteiger partial charge on any atom is -0.345 e. The van der Waals surface area contributed by atoms with Gasteiger partial charge < -0.3 is 9.80 Å². The Kier molecular flexibility index (Phi) is 5.60. The van der Waals surface area contributed by atoms with Gasteiger partial charge in [0, 0.05) is 44.8 Å². The van der Waals surface area contributed by atoms with E-state index in [-0.39, 0.29) is 16.6 Å². The van der Waals surface area contributed by atoms with Gasteiger partial charge in [-0.3, -0.25) is 4.79 Å². The van der Waals surface area contributed by atoms with Crippen LogP contribution >= 0.6 is 11.3 Å². The second kappa shape index (κ2) is 8.42. The Morgan fingerprint density at radius 1 is 0.938 bits per heavy atom. The molecule has 0 saturated carbocycles. The predicted molar refractivity (Wildman–Crippen MR) is 122 cm³/mol. The Balaban J connectivity index is 1.24. The lowest BCUT2D eigenvalue weighted by Gasteiger charge is -2.34. The van der Waals surface area contributed by atoms with Crippen LogP contribution in [0.5, 0.6) is 0 Å². The van der Waals surface area contributed by atoms with Crippen LogP contribution in [0.15, 0.2) is 47.4 Å². The zero-order valence-electron chi connectivity index (χ0n) is 17.4. The van der Waals surface area contributed by atoms with Gasteiger partial charge in [0.05, 0.1) is 9.60 Å². The van der Waals surface area contributed by atoms with Crippen LogP contribution in [0, 0.1) is 5.82 Å². The van der Waals surface area contributed by atoms with Crippen molar-refractivity contribution < 1.29 is 17.6 Å². The molecule has 1 amide bonds. The molecule has 2 fully saturated rings. The minimum atomic E-state index is -3.49. The van der Waals surface area contributed by atoms with Crippen molar-refractivity contribution in [2.45, 2.75) is 17.7 Å². The number of halogens is 1. The number of para-hydroxylation sites is 1. The molecule has 10 heteroatoms. The number of aromatic nitrogens is 1. The zero-order chi connectivity index (χ0) is 22.3. The molecule has 1 aromatic heterocycles. The maximum absolute atomic E-state index is 13.9. The van der Waals surface area contributed by atoms with Gasteiger partial charge in [-0.25, -0.2) is 17.8 Å². The zero-order valence-corrected chi connectivity index (χ0v) is 19.0. The average Bonchev–Trinajstić information content (AvgIpc) is 3.50. The minimum absolute atomic E-state index is 0.120. The summed E-state index contributed by atoms with van der Waals surface area (Å²) in [5.41, 5.74) is 0.857. The van der Waals surface area contributed by atoms with E-state index < -0.39 is 10.0 Å². The molecular formula is C22H23FN4O3S2. The summed E-state index contributed by atoms with van der Waals surface area (Å²) in [5, 5.41) is 0.758. The first-order valence-electron chi connectivity index (χ1n) is 10.6. The number of carbonyl (C=O) groups is 1. The first-order valence-corrected chi connectivity index (χ1v) is 12.9. The number of hydrogen-bond donors (Lipinski definition) is 0. The van der Waals surface area contributed by atoms with Gasteiger partial charge in [-0.1, -0.05) is 17.4 Å². The molecule has 3 heterocycles. The monoisotopic (exact) mass is 474 g/mol. The van der Waals surface area contributed by atoms with E-state index in [2.05, 4.69) is 9.88 Å². The molecular weight excluding hydrogens is 451 g/mol. The molecule has 3 aromatic rings. The highest BCUT2D eigenvalue weighted by atomic mass is 32.2. The van der Waals surface area contributed by atoms with Crippen LogP contribution in [0.3, 0.4) is 0 Å². The maximum atomic E-state index is 13.9. The Bertz CT molecular complexity index is 1250. The average molecular weight is 475 g/mol. The fourth-order valence-corrected chi connectivity index (χ4v) is 6.72.